The smallest absolute Gasteiger partial charge is 0.161 e. The number of unbranched alkanes of at least 4 members (excludes halogenated alkanes) is 1. The average molecular weight is 275 g/mol. The summed E-state index contributed by atoms with van der Waals surface area (Å²) in [6, 6.07) is 7.38. The first kappa shape index (κ1) is 16.0. The van der Waals surface area contributed by atoms with Crippen LogP contribution in [0.4, 0.5) is 0 Å². The molecule has 0 saturated carbocycles. The van der Waals surface area contributed by atoms with Gasteiger partial charge < -0.3 is 9.47 Å². The molecular weight excluding hydrogens is 254 g/mol. The largest absolute Gasteiger partial charge is 0.493 e. The molecule has 0 heterocycles. The second-order valence-electron chi connectivity index (χ2n) is 5.33. The number of hydrogen-bond donors (Lipinski definition) is 0. The van der Waals surface area contributed by atoms with Crippen molar-refractivity contribution >= 4 is 6.29 Å². The van der Waals surface area contributed by atoms with Gasteiger partial charge in [-0.05, 0) is 51.3 Å². The van der Waals surface area contributed by atoms with Crippen molar-refractivity contribution in [2.75, 3.05) is 13.7 Å². The molecule has 0 aromatic heterocycles. The Morgan fingerprint density at radius 2 is 2.05 bits per heavy atom. The predicted octanol–water partition coefficient (Wildman–Crippen LogP) is 3.61. The molecule has 1 aromatic rings. The topological polar surface area (TPSA) is 59.3 Å². The standard InChI is InChI=1S/C16H21NO3/c1-16(2,12-17)8-4-5-9-20-14-7-6-13(11-18)10-15(14)19-3/h6-7,10-11H,4-5,8-9H2,1-3H3. The van der Waals surface area contributed by atoms with Crippen molar-refractivity contribution in [1.29, 1.82) is 5.26 Å². The third-order valence-electron chi connectivity index (χ3n) is 3.08. The first-order valence-corrected chi connectivity index (χ1v) is 6.69. The predicted molar refractivity (Wildman–Crippen MR) is 77.1 cm³/mol. The number of nitriles is 1. The normalized spacial score (nSPS) is 10.7. The van der Waals surface area contributed by atoms with Crippen LogP contribution in [0.15, 0.2) is 18.2 Å². The number of ether oxygens (including phenoxy) is 2. The number of aldehydes is 1. The molecule has 0 aliphatic heterocycles. The number of carbonyl (C=O) groups excluding carboxylic acids is 1. The van der Waals surface area contributed by atoms with Crippen LogP contribution < -0.4 is 9.47 Å². The fourth-order valence-corrected chi connectivity index (χ4v) is 1.78. The lowest BCUT2D eigenvalue weighted by Gasteiger charge is -2.15. The summed E-state index contributed by atoms with van der Waals surface area (Å²) in [4.78, 5) is 10.7. The van der Waals surface area contributed by atoms with E-state index in [1.165, 1.54) is 0 Å². The molecule has 0 atom stereocenters. The molecule has 20 heavy (non-hydrogen) atoms. The van der Waals surface area contributed by atoms with Crippen molar-refractivity contribution in [3.63, 3.8) is 0 Å². The number of hydrogen-bond acceptors (Lipinski definition) is 4. The molecular formula is C16H21NO3. The lowest BCUT2D eigenvalue weighted by Crippen LogP contribution is -2.08. The van der Waals surface area contributed by atoms with E-state index in [1.54, 1.807) is 25.3 Å². The molecule has 0 bridgehead atoms. The van der Waals surface area contributed by atoms with Crippen molar-refractivity contribution in [3.8, 4) is 17.6 Å². The maximum absolute atomic E-state index is 10.7. The molecule has 0 N–H and O–H groups in total. The van der Waals surface area contributed by atoms with Gasteiger partial charge in [-0.25, -0.2) is 0 Å². The lowest BCUT2D eigenvalue weighted by atomic mass is 9.89. The Kier molecular flexibility index (Phi) is 6.05. The van der Waals surface area contributed by atoms with Gasteiger partial charge in [0, 0.05) is 5.56 Å². The number of benzene rings is 1. The van der Waals surface area contributed by atoms with Crippen LogP contribution in [0.3, 0.4) is 0 Å². The molecule has 1 rings (SSSR count). The summed E-state index contributed by atoms with van der Waals surface area (Å²) in [5.41, 5.74) is 0.286. The lowest BCUT2D eigenvalue weighted by molar-refractivity contribution is 0.112. The van der Waals surface area contributed by atoms with E-state index < -0.39 is 0 Å². The second kappa shape index (κ2) is 7.54. The van der Waals surface area contributed by atoms with E-state index in [2.05, 4.69) is 6.07 Å². The minimum Gasteiger partial charge on any atom is -0.493 e. The van der Waals surface area contributed by atoms with Gasteiger partial charge in [-0.3, -0.25) is 4.79 Å². The summed E-state index contributed by atoms with van der Waals surface area (Å²) in [6.45, 7) is 4.45. The van der Waals surface area contributed by atoms with Crippen LogP contribution in [0, 0.1) is 16.7 Å². The minimum absolute atomic E-state index is 0.275. The molecule has 4 nitrogen and oxygen atoms in total. The zero-order valence-corrected chi connectivity index (χ0v) is 12.3. The van der Waals surface area contributed by atoms with Crippen LogP contribution in [-0.2, 0) is 0 Å². The summed E-state index contributed by atoms with van der Waals surface area (Å²) in [7, 11) is 1.55. The molecule has 0 aliphatic rings. The van der Waals surface area contributed by atoms with Gasteiger partial charge in [-0.15, -0.1) is 0 Å². The van der Waals surface area contributed by atoms with Gasteiger partial charge >= 0.3 is 0 Å². The maximum Gasteiger partial charge on any atom is 0.161 e. The Morgan fingerprint density at radius 1 is 1.30 bits per heavy atom. The molecule has 4 heteroatoms. The van der Waals surface area contributed by atoms with Crippen molar-refractivity contribution in [1.82, 2.24) is 0 Å². The van der Waals surface area contributed by atoms with E-state index in [-0.39, 0.29) is 5.41 Å². The Balaban J connectivity index is 2.43. The maximum atomic E-state index is 10.7. The molecule has 0 spiro atoms. The van der Waals surface area contributed by atoms with Gasteiger partial charge in [0.05, 0.1) is 25.2 Å². The van der Waals surface area contributed by atoms with Crippen LogP contribution in [0.1, 0.15) is 43.5 Å². The highest BCUT2D eigenvalue weighted by atomic mass is 16.5. The Morgan fingerprint density at radius 3 is 2.65 bits per heavy atom. The van der Waals surface area contributed by atoms with E-state index in [1.807, 2.05) is 13.8 Å². The number of methoxy groups -OCH3 is 1. The van der Waals surface area contributed by atoms with Crippen molar-refractivity contribution in [3.05, 3.63) is 23.8 Å². The molecule has 0 fully saturated rings. The first-order chi connectivity index (χ1) is 9.52. The van der Waals surface area contributed by atoms with Crippen LogP contribution >= 0.6 is 0 Å². The molecule has 1 aromatic carbocycles. The Labute approximate surface area is 120 Å². The van der Waals surface area contributed by atoms with E-state index in [0.717, 1.165) is 25.5 Å². The van der Waals surface area contributed by atoms with Gasteiger partial charge in [-0.1, -0.05) is 0 Å². The second-order valence-corrected chi connectivity index (χ2v) is 5.33. The average Bonchev–Trinajstić information content (AvgIpc) is 2.46. The van der Waals surface area contributed by atoms with Gasteiger partial charge in [-0.2, -0.15) is 5.26 Å². The molecule has 0 radical (unpaired) electrons. The minimum atomic E-state index is -0.275. The van der Waals surface area contributed by atoms with Crippen LogP contribution in [0.2, 0.25) is 0 Å². The number of rotatable bonds is 8. The summed E-state index contributed by atoms with van der Waals surface area (Å²) in [5.74, 6) is 1.20. The first-order valence-electron chi connectivity index (χ1n) is 6.69. The zero-order valence-electron chi connectivity index (χ0n) is 12.3. The highest BCUT2D eigenvalue weighted by molar-refractivity contribution is 5.76. The van der Waals surface area contributed by atoms with Gasteiger partial charge in [0.15, 0.2) is 11.5 Å². The monoisotopic (exact) mass is 275 g/mol. The van der Waals surface area contributed by atoms with Crippen LogP contribution in [0.25, 0.3) is 0 Å². The van der Waals surface area contributed by atoms with Crippen molar-refractivity contribution < 1.29 is 14.3 Å². The molecule has 108 valence electrons. The van der Waals surface area contributed by atoms with Gasteiger partial charge in [0.25, 0.3) is 0 Å². The van der Waals surface area contributed by atoms with Gasteiger partial charge in [0.2, 0.25) is 0 Å². The SMILES string of the molecule is COc1cc(C=O)ccc1OCCCCC(C)(C)C#N. The summed E-state index contributed by atoms with van der Waals surface area (Å²) < 4.78 is 10.8. The highest BCUT2D eigenvalue weighted by Gasteiger charge is 2.15. The van der Waals surface area contributed by atoms with E-state index >= 15 is 0 Å². The zero-order chi connectivity index (χ0) is 15.0. The third-order valence-corrected chi connectivity index (χ3v) is 3.08. The summed E-state index contributed by atoms with van der Waals surface area (Å²) >= 11 is 0. The molecule has 0 amide bonds. The van der Waals surface area contributed by atoms with Crippen LogP contribution in [0.5, 0.6) is 11.5 Å². The fourth-order valence-electron chi connectivity index (χ4n) is 1.78. The molecule has 0 unspecified atom stereocenters. The number of nitrogens with zero attached hydrogens (tertiary/aromatic N) is 1. The summed E-state index contributed by atoms with van der Waals surface area (Å²) in [6.07, 6.45) is 3.45. The third kappa shape index (κ3) is 4.93. The molecule has 0 aliphatic carbocycles. The van der Waals surface area contributed by atoms with Crippen molar-refractivity contribution in [2.24, 2.45) is 5.41 Å². The van der Waals surface area contributed by atoms with E-state index in [4.69, 9.17) is 14.7 Å². The Hall–Kier alpha value is -2.02. The quantitative estimate of drug-likeness (QED) is 0.537. The van der Waals surface area contributed by atoms with Crippen LogP contribution in [-0.4, -0.2) is 20.0 Å². The van der Waals surface area contributed by atoms with E-state index in [0.29, 0.717) is 23.7 Å². The van der Waals surface area contributed by atoms with Gasteiger partial charge in [0.1, 0.15) is 6.29 Å². The number of carbonyl (C=O) groups is 1. The van der Waals surface area contributed by atoms with Crippen molar-refractivity contribution in [2.45, 2.75) is 33.1 Å². The highest BCUT2D eigenvalue weighted by Crippen LogP contribution is 2.28. The summed E-state index contributed by atoms with van der Waals surface area (Å²) in [5, 5.41) is 8.92. The molecule has 0 saturated heterocycles. The Bertz CT molecular complexity index is 489. The van der Waals surface area contributed by atoms with E-state index in [9.17, 15) is 4.79 Å². The fraction of sp³-hybridized carbons (Fsp3) is 0.500.